The molecule has 46 heavy (non-hydrogen) atoms. The highest BCUT2D eigenvalue weighted by Gasteiger charge is 2.36. The van der Waals surface area contributed by atoms with Crippen LogP contribution in [0.5, 0.6) is 0 Å². The van der Waals surface area contributed by atoms with Gasteiger partial charge in [0, 0.05) is 36.7 Å². The van der Waals surface area contributed by atoms with E-state index in [-0.39, 0.29) is 29.5 Å². The summed E-state index contributed by atoms with van der Waals surface area (Å²) >= 11 is 0. The third-order valence-corrected chi connectivity index (χ3v) is 6.86. The predicted octanol–water partition coefficient (Wildman–Crippen LogP) is 2.84. The minimum atomic E-state index is -4.61. The molecule has 2 amide bonds. The zero-order valence-electron chi connectivity index (χ0n) is 25.1. The van der Waals surface area contributed by atoms with E-state index in [1.807, 2.05) is 18.1 Å². The first-order chi connectivity index (χ1) is 22.0. The smallest absolute Gasteiger partial charge is 0.433 e. The van der Waals surface area contributed by atoms with Crippen LogP contribution < -0.4 is 27.4 Å². The SMILES string of the molecule is CCc1cc(Nc2nccn3c(-c4cn[nH]c4C(F)(F)F)cnc23)ccc1C(=O)NCCCNC(=O)C(N)CCCCN.O=CO. The number of carbonyl (C=O) groups excluding carboxylic acids is 2. The standard InChI is InChI=1S/C28H35F3N10O2.CH2O2/c1-2-17-14-18(7-8-19(17)26(42)35-10-5-11-36-27(43)21(33)6-3-4-9-32)39-24-25-37-16-22(41(25)13-12-34-24)20-15-38-40-23(20)28(29,30)31;2-1-3/h7-8,12-16,21H,2-6,9-11,32-33H2,1H3,(H,34,39)(H,35,42)(H,36,43)(H,38,40);1H,(H,2,3). The summed E-state index contributed by atoms with van der Waals surface area (Å²) in [6, 6.07) is 4.65. The first-order valence-electron chi connectivity index (χ1n) is 14.5. The van der Waals surface area contributed by atoms with Gasteiger partial charge < -0.3 is 32.5 Å². The molecule has 0 saturated heterocycles. The fraction of sp³-hybridized carbons (Fsp3) is 0.379. The van der Waals surface area contributed by atoms with Crippen molar-refractivity contribution in [3.05, 3.63) is 59.8 Å². The van der Waals surface area contributed by atoms with Gasteiger partial charge in [-0.25, -0.2) is 9.97 Å². The van der Waals surface area contributed by atoms with Crippen LogP contribution in [0, 0.1) is 0 Å². The van der Waals surface area contributed by atoms with Crippen LogP contribution in [0.15, 0.2) is 43.0 Å². The number of hydrogen-bond acceptors (Lipinski definition) is 9. The van der Waals surface area contributed by atoms with E-state index in [9.17, 15) is 22.8 Å². The van der Waals surface area contributed by atoms with Crippen molar-refractivity contribution in [1.29, 1.82) is 0 Å². The number of aromatic amines is 1. The zero-order valence-corrected chi connectivity index (χ0v) is 25.1. The Bertz CT molecular complexity index is 1610. The number of benzene rings is 1. The summed E-state index contributed by atoms with van der Waals surface area (Å²) in [6.07, 6.45) is 4.11. The molecule has 0 spiro atoms. The Morgan fingerprint density at radius 1 is 1.13 bits per heavy atom. The van der Waals surface area contributed by atoms with Crippen molar-refractivity contribution in [1.82, 2.24) is 35.2 Å². The number of nitrogens with zero attached hydrogens (tertiary/aromatic N) is 4. The second-order valence-electron chi connectivity index (χ2n) is 10.0. The fourth-order valence-electron chi connectivity index (χ4n) is 4.59. The molecule has 14 nitrogen and oxygen atoms in total. The molecular formula is C29H37F3N10O4. The number of amides is 2. The minimum Gasteiger partial charge on any atom is -0.483 e. The Balaban J connectivity index is 0.00000185. The predicted molar refractivity (Wildman–Crippen MR) is 164 cm³/mol. The lowest BCUT2D eigenvalue weighted by Gasteiger charge is -2.14. The van der Waals surface area contributed by atoms with Crippen molar-refractivity contribution in [3.63, 3.8) is 0 Å². The van der Waals surface area contributed by atoms with Gasteiger partial charge in [0.2, 0.25) is 5.91 Å². The normalized spacial score (nSPS) is 11.8. The molecule has 1 unspecified atom stereocenters. The lowest BCUT2D eigenvalue weighted by atomic mass is 10.0. The molecule has 1 atom stereocenters. The average molecular weight is 647 g/mol. The maximum Gasteiger partial charge on any atom is 0.433 e. The van der Waals surface area contributed by atoms with E-state index in [0.29, 0.717) is 61.6 Å². The number of nitrogens with one attached hydrogen (secondary N) is 4. The molecule has 0 radical (unpaired) electrons. The molecule has 248 valence electrons. The van der Waals surface area contributed by atoms with Gasteiger partial charge in [-0.2, -0.15) is 18.3 Å². The van der Waals surface area contributed by atoms with Crippen molar-refractivity contribution in [2.24, 2.45) is 11.5 Å². The number of alkyl halides is 3. The minimum absolute atomic E-state index is 0.134. The summed E-state index contributed by atoms with van der Waals surface area (Å²) in [5.41, 5.74) is 12.7. The number of nitrogens with two attached hydrogens (primary N) is 2. The van der Waals surface area contributed by atoms with Gasteiger partial charge in [-0.1, -0.05) is 13.3 Å². The van der Waals surface area contributed by atoms with E-state index in [4.69, 9.17) is 21.4 Å². The number of aromatic nitrogens is 5. The second-order valence-corrected chi connectivity index (χ2v) is 10.0. The van der Waals surface area contributed by atoms with E-state index in [0.717, 1.165) is 24.6 Å². The van der Waals surface area contributed by atoms with Crippen LogP contribution >= 0.6 is 0 Å². The Labute approximate surface area is 262 Å². The number of carbonyl (C=O) groups is 3. The molecule has 17 heteroatoms. The molecule has 0 aliphatic rings. The number of unbranched alkanes of at least 4 members (excludes halogenated alkanes) is 1. The van der Waals surface area contributed by atoms with Crippen LogP contribution in [0.25, 0.3) is 16.9 Å². The summed E-state index contributed by atoms with van der Waals surface area (Å²) in [5.74, 6) is -0.137. The van der Waals surface area contributed by atoms with Crippen molar-refractivity contribution in [2.45, 2.75) is 51.2 Å². The number of hydrogen-bond donors (Lipinski definition) is 7. The summed E-state index contributed by atoms with van der Waals surface area (Å²) in [7, 11) is 0. The Hall–Kier alpha value is -5.03. The molecule has 0 aliphatic heterocycles. The topological polar surface area (TPSA) is 218 Å². The van der Waals surface area contributed by atoms with E-state index >= 15 is 0 Å². The molecule has 4 aromatic rings. The maximum atomic E-state index is 13.4. The third-order valence-electron chi connectivity index (χ3n) is 6.86. The largest absolute Gasteiger partial charge is 0.483 e. The van der Waals surface area contributed by atoms with Crippen LogP contribution in [-0.2, 0) is 22.2 Å². The van der Waals surface area contributed by atoms with Gasteiger partial charge in [-0.15, -0.1) is 0 Å². The highest BCUT2D eigenvalue weighted by Crippen LogP contribution is 2.36. The molecule has 0 fully saturated rings. The monoisotopic (exact) mass is 646 g/mol. The van der Waals surface area contributed by atoms with Crippen molar-refractivity contribution < 1.29 is 32.7 Å². The van der Waals surface area contributed by atoms with Gasteiger partial charge >= 0.3 is 6.18 Å². The van der Waals surface area contributed by atoms with E-state index < -0.39 is 17.9 Å². The molecule has 1 aromatic carbocycles. The molecule has 0 bridgehead atoms. The summed E-state index contributed by atoms with van der Waals surface area (Å²) in [5, 5.41) is 21.3. The van der Waals surface area contributed by atoms with Gasteiger partial charge in [0.25, 0.3) is 12.4 Å². The van der Waals surface area contributed by atoms with Crippen LogP contribution in [0.4, 0.5) is 24.7 Å². The summed E-state index contributed by atoms with van der Waals surface area (Å²) in [4.78, 5) is 41.9. The van der Waals surface area contributed by atoms with Gasteiger partial charge in [0.1, 0.15) is 5.69 Å². The van der Waals surface area contributed by atoms with Crippen LogP contribution in [-0.4, -0.2) is 73.6 Å². The number of fused-ring (bicyclic) bond motifs is 1. The van der Waals surface area contributed by atoms with Gasteiger partial charge in [0.05, 0.1) is 29.7 Å². The number of halogens is 3. The quantitative estimate of drug-likeness (QED) is 0.0785. The lowest BCUT2D eigenvalue weighted by Crippen LogP contribution is -2.41. The Morgan fingerprint density at radius 2 is 1.87 bits per heavy atom. The van der Waals surface area contributed by atoms with E-state index in [1.54, 1.807) is 12.1 Å². The van der Waals surface area contributed by atoms with Crippen LogP contribution in [0.3, 0.4) is 0 Å². The fourth-order valence-corrected chi connectivity index (χ4v) is 4.59. The highest BCUT2D eigenvalue weighted by molar-refractivity contribution is 5.96. The van der Waals surface area contributed by atoms with E-state index in [2.05, 4.69) is 31.0 Å². The molecule has 3 heterocycles. The number of H-pyrrole nitrogens is 1. The maximum absolute atomic E-state index is 13.4. The molecular weight excluding hydrogens is 609 g/mol. The highest BCUT2D eigenvalue weighted by atomic mass is 19.4. The van der Waals surface area contributed by atoms with Crippen molar-refractivity contribution >= 4 is 35.4 Å². The molecule has 0 aliphatic carbocycles. The summed E-state index contributed by atoms with van der Waals surface area (Å²) < 4.78 is 41.8. The number of carboxylic acid groups (broad SMARTS) is 1. The Kier molecular flexibility index (Phi) is 13.0. The van der Waals surface area contributed by atoms with Gasteiger partial charge in [-0.3, -0.25) is 23.9 Å². The average Bonchev–Trinajstić information content (AvgIpc) is 3.69. The number of anilines is 2. The number of imidazole rings is 1. The van der Waals surface area contributed by atoms with Crippen LogP contribution in [0.1, 0.15) is 54.2 Å². The number of aryl methyl sites for hydroxylation is 1. The molecule has 4 rings (SSSR count). The van der Waals surface area contributed by atoms with Crippen molar-refractivity contribution in [2.75, 3.05) is 25.0 Å². The van der Waals surface area contributed by atoms with E-state index in [1.165, 1.54) is 23.0 Å². The second kappa shape index (κ2) is 16.9. The lowest BCUT2D eigenvalue weighted by molar-refractivity contribution is -0.140. The first kappa shape index (κ1) is 35.4. The molecule has 9 N–H and O–H groups in total. The zero-order chi connectivity index (χ0) is 33.7. The first-order valence-corrected chi connectivity index (χ1v) is 14.5. The van der Waals surface area contributed by atoms with Gasteiger partial charge in [-0.05, 0) is 56.0 Å². The molecule has 0 saturated carbocycles. The summed E-state index contributed by atoms with van der Waals surface area (Å²) in [6.45, 7) is 2.99. The van der Waals surface area contributed by atoms with Gasteiger partial charge in [0.15, 0.2) is 11.5 Å². The van der Waals surface area contributed by atoms with Crippen LogP contribution in [0.2, 0.25) is 0 Å². The van der Waals surface area contributed by atoms with Crippen molar-refractivity contribution in [3.8, 4) is 11.3 Å². The third kappa shape index (κ3) is 9.24. The number of rotatable bonds is 14. The molecule has 3 aromatic heterocycles. The Morgan fingerprint density at radius 3 is 2.57 bits per heavy atom.